The lowest BCUT2D eigenvalue weighted by atomic mass is 10.0. The minimum atomic E-state index is -1.91. The van der Waals surface area contributed by atoms with E-state index in [0.29, 0.717) is 17.3 Å². The molecule has 16 heteroatoms. The van der Waals surface area contributed by atoms with E-state index in [0.717, 1.165) is 22.9 Å². The second-order valence-corrected chi connectivity index (χ2v) is 13.6. The Kier molecular flexibility index (Phi) is 20.0. The van der Waals surface area contributed by atoms with Crippen molar-refractivity contribution in [1.29, 1.82) is 0 Å². The van der Waals surface area contributed by atoms with E-state index >= 15 is 0 Å². The molecule has 0 saturated carbocycles. The summed E-state index contributed by atoms with van der Waals surface area (Å²) in [6.07, 6.45) is -14.5. The van der Waals surface area contributed by atoms with E-state index in [4.69, 9.17) is 14.9 Å². The molecule has 266 valence electrons. The van der Waals surface area contributed by atoms with Crippen molar-refractivity contribution in [1.82, 2.24) is 4.90 Å². The maximum Gasteiger partial charge on any atom is 0.191 e. The van der Waals surface area contributed by atoms with Crippen LogP contribution in [-0.4, -0.2) is 154 Å². The molecule has 1 aromatic carbocycles. The zero-order valence-corrected chi connectivity index (χ0v) is 28.3. The Morgan fingerprint density at radius 3 is 1.50 bits per heavy atom. The van der Waals surface area contributed by atoms with Crippen LogP contribution in [0.15, 0.2) is 18.2 Å². The van der Waals surface area contributed by atoms with Crippen LogP contribution in [0.5, 0.6) is 5.75 Å². The lowest BCUT2D eigenvalue weighted by Crippen LogP contribution is -2.53. The molecule has 8 atom stereocenters. The summed E-state index contributed by atoms with van der Waals surface area (Å²) in [7, 11) is 0. The largest absolute Gasteiger partial charge is 0.492 e. The second kappa shape index (κ2) is 21.6. The molecule has 10 N–H and O–H groups in total. The average molecular weight is 698 g/mol. The van der Waals surface area contributed by atoms with Gasteiger partial charge in [-0.2, -0.15) is 0 Å². The van der Waals surface area contributed by atoms with Crippen LogP contribution < -0.4 is 4.74 Å². The summed E-state index contributed by atoms with van der Waals surface area (Å²) in [5, 5.41) is 99.0. The highest BCUT2D eigenvalue weighted by Gasteiger charge is 2.34. The molecule has 0 spiro atoms. The first kappa shape index (κ1) is 42.6. The zero-order chi connectivity index (χ0) is 35.1. The number of nitrogens with zero attached hydrogens (tertiary/aromatic N) is 1. The Morgan fingerprint density at radius 1 is 0.674 bits per heavy atom. The van der Waals surface area contributed by atoms with Gasteiger partial charge in [-0.3, -0.25) is 14.5 Å². The minimum Gasteiger partial charge on any atom is -0.492 e. The van der Waals surface area contributed by atoms with Crippen LogP contribution in [0.3, 0.4) is 0 Å². The van der Waals surface area contributed by atoms with Gasteiger partial charge in [0.25, 0.3) is 0 Å². The number of thioether (sulfide) groups is 2. The Balaban J connectivity index is 3.11. The number of aliphatic hydroxyl groups is 10. The number of aliphatic hydroxyl groups excluding tert-OH is 10. The third-order valence-corrected chi connectivity index (χ3v) is 9.50. The van der Waals surface area contributed by atoms with Gasteiger partial charge in [0, 0.05) is 43.0 Å². The molecule has 46 heavy (non-hydrogen) atoms. The summed E-state index contributed by atoms with van der Waals surface area (Å²) < 4.78 is 5.90. The molecular weight excluding hydrogens is 646 g/mol. The van der Waals surface area contributed by atoms with E-state index in [9.17, 15) is 50.4 Å². The highest BCUT2D eigenvalue weighted by atomic mass is 32.2. The molecule has 0 radical (unpaired) electrons. The first-order valence-electron chi connectivity index (χ1n) is 15.0. The van der Waals surface area contributed by atoms with Gasteiger partial charge < -0.3 is 55.8 Å². The molecular formula is C30H51NO13S2. The van der Waals surface area contributed by atoms with Crippen molar-refractivity contribution in [2.24, 2.45) is 11.8 Å². The van der Waals surface area contributed by atoms with E-state index in [2.05, 4.69) is 0 Å². The topological polar surface area (TPSA) is 249 Å². The van der Waals surface area contributed by atoms with Crippen LogP contribution >= 0.6 is 23.5 Å². The molecule has 1 aromatic rings. The van der Waals surface area contributed by atoms with Crippen LogP contribution in [0.1, 0.15) is 38.8 Å². The third kappa shape index (κ3) is 14.4. The highest BCUT2D eigenvalue weighted by Crippen LogP contribution is 2.28. The van der Waals surface area contributed by atoms with E-state index in [1.807, 2.05) is 13.8 Å². The molecule has 0 aliphatic rings. The number of hydrogen-bond acceptors (Lipinski definition) is 16. The molecule has 0 heterocycles. The lowest BCUT2D eigenvalue weighted by molar-refractivity contribution is -0.130. The van der Waals surface area contributed by atoms with Gasteiger partial charge in [-0.05, 0) is 23.3 Å². The standard InChI is InChI=1S/C30H51NO13S2/c1-16(2)29(42)45-14-18-5-6-20(9-19(18)15-46-30(43)17(3)4)44-8-7-31(10-21(34)25(38)27(40)23(36)12-32)11-22(35)26(39)28(41)24(37)13-33/h5-6,9,16-17,21-28,32-41H,7-8,10-15H2,1-4H3/t21-,22-,23+,24+,25+,26+,27+,28+/m0/s1. The van der Waals surface area contributed by atoms with Gasteiger partial charge in [0.05, 0.1) is 25.4 Å². The zero-order valence-electron chi connectivity index (χ0n) is 26.6. The quantitative estimate of drug-likeness (QED) is 0.0634. The van der Waals surface area contributed by atoms with Crippen LogP contribution in [0.4, 0.5) is 0 Å². The fourth-order valence-corrected chi connectivity index (χ4v) is 5.83. The van der Waals surface area contributed by atoms with Crippen molar-refractivity contribution in [3.63, 3.8) is 0 Å². The normalized spacial score (nSPS) is 17.4. The number of ether oxygens (including phenoxy) is 1. The molecule has 0 aliphatic heterocycles. The number of carbonyl (C=O) groups excluding carboxylic acids is 2. The molecule has 14 nitrogen and oxygen atoms in total. The van der Waals surface area contributed by atoms with Crippen LogP contribution in [0.25, 0.3) is 0 Å². The molecule has 0 fully saturated rings. The Morgan fingerprint density at radius 2 is 1.09 bits per heavy atom. The monoisotopic (exact) mass is 697 g/mol. The maximum atomic E-state index is 12.3. The summed E-state index contributed by atoms with van der Waals surface area (Å²) >= 11 is 2.34. The molecule has 0 bridgehead atoms. The predicted octanol–water partition coefficient (Wildman–Crippen LogP) is -1.93. The van der Waals surface area contributed by atoms with E-state index in [-0.39, 0.29) is 35.2 Å². The molecule has 0 aromatic heterocycles. The number of hydrogen-bond donors (Lipinski definition) is 10. The first-order valence-corrected chi connectivity index (χ1v) is 17.0. The predicted molar refractivity (Wildman–Crippen MR) is 173 cm³/mol. The molecule has 0 saturated heterocycles. The molecule has 1 rings (SSSR count). The summed E-state index contributed by atoms with van der Waals surface area (Å²) in [6.45, 7) is 4.51. The molecule has 0 unspecified atom stereocenters. The summed E-state index contributed by atoms with van der Waals surface area (Å²) in [5.41, 5.74) is 1.65. The summed E-state index contributed by atoms with van der Waals surface area (Å²) in [4.78, 5) is 25.8. The van der Waals surface area contributed by atoms with Crippen LogP contribution in [0.2, 0.25) is 0 Å². The van der Waals surface area contributed by atoms with Gasteiger partial charge in [0.2, 0.25) is 0 Å². The van der Waals surface area contributed by atoms with E-state index < -0.39 is 75.1 Å². The van der Waals surface area contributed by atoms with Crippen molar-refractivity contribution >= 4 is 33.8 Å². The van der Waals surface area contributed by atoms with Crippen molar-refractivity contribution in [3.05, 3.63) is 29.3 Å². The van der Waals surface area contributed by atoms with Gasteiger partial charge in [0.15, 0.2) is 10.2 Å². The van der Waals surface area contributed by atoms with Crippen molar-refractivity contribution in [2.75, 3.05) is 39.5 Å². The SMILES string of the molecule is CC(C)C(=O)SCc1ccc(OCCN(C[C@H](O)[C@@H](O)[C@H](O)[C@H](O)CO)C[C@H](O)[C@@H](O)[C@H](O)[C@H](O)CO)cc1CSC(=O)C(C)C. The number of benzene rings is 1. The average Bonchev–Trinajstić information content (AvgIpc) is 3.03. The third-order valence-electron chi connectivity index (χ3n) is 7.08. The van der Waals surface area contributed by atoms with Crippen LogP contribution in [-0.2, 0) is 21.1 Å². The summed E-state index contributed by atoms with van der Waals surface area (Å²) in [6, 6.07) is 5.23. The lowest BCUT2D eigenvalue weighted by Gasteiger charge is -2.33. The second-order valence-electron chi connectivity index (χ2n) is 11.7. The van der Waals surface area contributed by atoms with E-state index in [1.165, 1.54) is 16.7 Å². The van der Waals surface area contributed by atoms with E-state index in [1.54, 1.807) is 32.0 Å². The van der Waals surface area contributed by atoms with Crippen molar-refractivity contribution < 1.29 is 65.4 Å². The van der Waals surface area contributed by atoms with Crippen LogP contribution in [0, 0.1) is 11.8 Å². The fourth-order valence-electron chi connectivity index (χ4n) is 4.02. The number of rotatable bonds is 22. The Labute approximate surface area is 278 Å². The maximum absolute atomic E-state index is 12.3. The first-order chi connectivity index (χ1) is 21.5. The van der Waals surface area contributed by atoms with Gasteiger partial charge >= 0.3 is 0 Å². The van der Waals surface area contributed by atoms with Crippen molar-refractivity contribution in [2.45, 2.75) is 88.0 Å². The van der Waals surface area contributed by atoms with Gasteiger partial charge in [-0.25, -0.2) is 0 Å². The molecule has 0 aliphatic carbocycles. The fraction of sp³-hybridized carbons (Fsp3) is 0.733. The molecule has 0 amide bonds. The van der Waals surface area contributed by atoms with Gasteiger partial charge in [0.1, 0.15) is 49.0 Å². The van der Waals surface area contributed by atoms with Gasteiger partial charge in [-0.1, -0.05) is 57.3 Å². The van der Waals surface area contributed by atoms with Crippen molar-refractivity contribution in [3.8, 4) is 5.75 Å². The number of carbonyl (C=O) groups is 2. The Bertz CT molecular complexity index is 1020. The van der Waals surface area contributed by atoms with Gasteiger partial charge in [-0.15, -0.1) is 0 Å². The minimum absolute atomic E-state index is 0.00793. The smallest absolute Gasteiger partial charge is 0.191 e. The highest BCUT2D eigenvalue weighted by molar-refractivity contribution is 8.13. The summed E-state index contributed by atoms with van der Waals surface area (Å²) in [5.74, 6) is 0.871. The Hall–Kier alpha value is -1.38.